The van der Waals surface area contributed by atoms with Crippen LogP contribution in [0.1, 0.15) is 11.1 Å². The van der Waals surface area contributed by atoms with E-state index in [1.54, 1.807) is 7.11 Å². The number of fused-ring (bicyclic) bond motifs is 1. The Morgan fingerprint density at radius 3 is 2.52 bits per heavy atom. The Hall–Kier alpha value is -3.47. The Balaban J connectivity index is 1.85. The first-order valence-electron chi connectivity index (χ1n) is 8.76. The number of hydrogen-bond acceptors (Lipinski definition) is 4. The van der Waals surface area contributed by atoms with Crippen LogP contribution in [0.4, 0.5) is 11.5 Å². The van der Waals surface area contributed by atoms with E-state index < -0.39 is 0 Å². The largest absolute Gasteiger partial charge is 0.497 e. The second-order valence-corrected chi connectivity index (χ2v) is 6.43. The van der Waals surface area contributed by atoms with Crippen LogP contribution in [0.25, 0.3) is 16.9 Å². The molecule has 134 valence electrons. The van der Waals surface area contributed by atoms with E-state index in [4.69, 9.17) is 9.72 Å². The van der Waals surface area contributed by atoms with E-state index in [0.717, 1.165) is 39.7 Å². The summed E-state index contributed by atoms with van der Waals surface area (Å²) in [5, 5.41) is 8.97. The zero-order valence-electron chi connectivity index (χ0n) is 15.5. The number of pyridine rings is 1. The van der Waals surface area contributed by atoms with E-state index in [9.17, 15) is 0 Å². The van der Waals surface area contributed by atoms with Gasteiger partial charge >= 0.3 is 0 Å². The monoisotopic (exact) mass is 356 g/mol. The Morgan fingerprint density at radius 2 is 1.74 bits per heavy atom. The Kier molecular flexibility index (Phi) is 4.42. The van der Waals surface area contributed by atoms with Crippen molar-refractivity contribution in [1.29, 1.82) is 0 Å². The quantitative estimate of drug-likeness (QED) is 0.418. The van der Waals surface area contributed by atoms with Gasteiger partial charge in [-0.1, -0.05) is 23.8 Å². The molecule has 0 aliphatic carbocycles. The average molecular weight is 356 g/mol. The van der Waals surface area contributed by atoms with Crippen LogP contribution in [0.5, 0.6) is 5.75 Å². The number of aryl methyl sites for hydroxylation is 2. The second kappa shape index (κ2) is 7.03. The van der Waals surface area contributed by atoms with Gasteiger partial charge in [0.25, 0.3) is 0 Å². The third-order valence-electron chi connectivity index (χ3n) is 4.49. The predicted molar refractivity (Wildman–Crippen MR) is 107 cm³/mol. The maximum absolute atomic E-state index is 5.19. The number of benzene rings is 2. The number of azo groups is 1. The molecule has 2 aromatic carbocycles. The van der Waals surface area contributed by atoms with Gasteiger partial charge in [0.2, 0.25) is 0 Å². The van der Waals surface area contributed by atoms with Crippen LogP contribution >= 0.6 is 0 Å². The van der Waals surface area contributed by atoms with Crippen molar-refractivity contribution in [2.24, 2.45) is 10.2 Å². The van der Waals surface area contributed by atoms with Gasteiger partial charge in [0.15, 0.2) is 5.82 Å². The van der Waals surface area contributed by atoms with Gasteiger partial charge in [-0.3, -0.25) is 4.40 Å². The Bertz CT molecular complexity index is 1130. The Morgan fingerprint density at radius 1 is 0.926 bits per heavy atom. The van der Waals surface area contributed by atoms with E-state index in [-0.39, 0.29) is 0 Å². The van der Waals surface area contributed by atoms with Gasteiger partial charge < -0.3 is 4.74 Å². The van der Waals surface area contributed by atoms with Crippen LogP contribution in [0.3, 0.4) is 0 Å². The highest BCUT2D eigenvalue weighted by atomic mass is 16.5. The van der Waals surface area contributed by atoms with Crippen molar-refractivity contribution in [2.45, 2.75) is 13.8 Å². The molecule has 0 saturated carbocycles. The van der Waals surface area contributed by atoms with Gasteiger partial charge in [-0.15, -0.1) is 10.2 Å². The molecule has 0 atom stereocenters. The highest BCUT2D eigenvalue weighted by Gasteiger charge is 2.15. The van der Waals surface area contributed by atoms with Crippen molar-refractivity contribution in [3.05, 3.63) is 78.0 Å². The summed E-state index contributed by atoms with van der Waals surface area (Å²) >= 11 is 0. The van der Waals surface area contributed by atoms with Gasteiger partial charge in [0.05, 0.1) is 12.8 Å². The van der Waals surface area contributed by atoms with E-state index in [0.29, 0.717) is 0 Å². The zero-order chi connectivity index (χ0) is 18.8. The Labute approximate surface area is 158 Å². The van der Waals surface area contributed by atoms with Gasteiger partial charge in [-0.05, 0) is 61.9 Å². The molecule has 0 spiro atoms. The minimum atomic E-state index is 0.718. The number of ether oxygens (including phenoxy) is 1. The van der Waals surface area contributed by atoms with Crippen molar-refractivity contribution in [1.82, 2.24) is 9.38 Å². The molecule has 0 bridgehead atoms. The lowest BCUT2D eigenvalue weighted by Gasteiger charge is -2.05. The van der Waals surface area contributed by atoms with Crippen LogP contribution in [-0.4, -0.2) is 16.5 Å². The van der Waals surface area contributed by atoms with Gasteiger partial charge in [0.1, 0.15) is 17.1 Å². The van der Waals surface area contributed by atoms with Crippen LogP contribution < -0.4 is 4.74 Å². The van der Waals surface area contributed by atoms with Crippen molar-refractivity contribution in [3.63, 3.8) is 0 Å². The zero-order valence-corrected chi connectivity index (χ0v) is 15.5. The first-order valence-corrected chi connectivity index (χ1v) is 8.76. The number of hydrogen-bond donors (Lipinski definition) is 0. The standard InChI is InChI=1S/C22H20N4O/c1-15-7-8-16(2)19(14-15)21-22(26-13-5-4-6-20(26)23-21)25-24-17-9-11-18(27-3)12-10-17/h4-14H,1-3H3. The van der Waals surface area contributed by atoms with E-state index >= 15 is 0 Å². The third kappa shape index (κ3) is 3.31. The average Bonchev–Trinajstić information content (AvgIpc) is 3.07. The summed E-state index contributed by atoms with van der Waals surface area (Å²) in [5.41, 5.74) is 5.85. The van der Waals surface area contributed by atoms with Crippen LogP contribution in [-0.2, 0) is 0 Å². The molecule has 4 rings (SSSR count). The maximum Gasteiger partial charge on any atom is 0.187 e. The molecule has 0 radical (unpaired) electrons. The number of aromatic nitrogens is 2. The molecule has 0 aliphatic rings. The first-order chi connectivity index (χ1) is 13.2. The fraction of sp³-hybridized carbons (Fsp3) is 0.136. The molecular weight excluding hydrogens is 336 g/mol. The molecule has 27 heavy (non-hydrogen) atoms. The molecule has 5 heteroatoms. The lowest BCUT2D eigenvalue weighted by molar-refractivity contribution is 0.415. The van der Waals surface area contributed by atoms with Crippen LogP contribution in [0.15, 0.2) is 77.1 Å². The summed E-state index contributed by atoms with van der Waals surface area (Å²) in [4.78, 5) is 4.81. The fourth-order valence-corrected chi connectivity index (χ4v) is 3.00. The van der Waals surface area contributed by atoms with Crippen LogP contribution in [0.2, 0.25) is 0 Å². The van der Waals surface area contributed by atoms with E-state index in [1.807, 2.05) is 53.1 Å². The third-order valence-corrected chi connectivity index (χ3v) is 4.49. The normalized spacial score (nSPS) is 11.4. The van der Waals surface area contributed by atoms with E-state index in [1.165, 1.54) is 5.56 Å². The summed E-state index contributed by atoms with van der Waals surface area (Å²) in [6.07, 6.45) is 1.96. The lowest BCUT2D eigenvalue weighted by Crippen LogP contribution is -1.86. The molecule has 0 N–H and O–H groups in total. The molecule has 2 aromatic heterocycles. The van der Waals surface area contributed by atoms with Crippen molar-refractivity contribution in [2.75, 3.05) is 7.11 Å². The van der Waals surface area contributed by atoms with Crippen molar-refractivity contribution >= 4 is 17.2 Å². The van der Waals surface area contributed by atoms with Gasteiger partial charge in [0, 0.05) is 11.8 Å². The van der Waals surface area contributed by atoms with E-state index in [2.05, 4.69) is 42.3 Å². The second-order valence-electron chi connectivity index (χ2n) is 6.43. The summed E-state index contributed by atoms with van der Waals surface area (Å²) < 4.78 is 7.15. The molecule has 0 fully saturated rings. The molecule has 5 nitrogen and oxygen atoms in total. The minimum absolute atomic E-state index is 0.718. The minimum Gasteiger partial charge on any atom is -0.497 e. The molecule has 0 aliphatic heterocycles. The number of rotatable bonds is 4. The molecule has 0 unspecified atom stereocenters. The number of nitrogens with zero attached hydrogens (tertiary/aromatic N) is 4. The molecular formula is C22H20N4O. The summed E-state index contributed by atoms with van der Waals surface area (Å²) in [7, 11) is 1.64. The first kappa shape index (κ1) is 17.0. The summed E-state index contributed by atoms with van der Waals surface area (Å²) in [6.45, 7) is 4.17. The molecule has 2 heterocycles. The molecule has 0 saturated heterocycles. The highest BCUT2D eigenvalue weighted by molar-refractivity contribution is 5.77. The molecule has 0 amide bonds. The van der Waals surface area contributed by atoms with Gasteiger partial charge in [-0.2, -0.15) is 0 Å². The molecule has 4 aromatic rings. The predicted octanol–water partition coefficient (Wildman–Crippen LogP) is 6.04. The van der Waals surface area contributed by atoms with Crippen LogP contribution in [0, 0.1) is 13.8 Å². The highest BCUT2D eigenvalue weighted by Crippen LogP contribution is 2.34. The summed E-state index contributed by atoms with van der Waals surface area (Å²) in [5.74, 6) is 1.51. The summed E-state index contributed by atoms with van der Waals surface area (Å²) in [6, 6.07) is 19.8. The number of imidazole rings is 1. The van der Waals surface area contributed by atoms with Gasteiger partial charge in [-0.25, -0.2) is 4.98 Å². The maximum atomic E-state index is 5.19. The topological polar surface area (TPSA) is 51.2 Å². The van der Waals surface area contributed by atoms with Crippen molar-refractivity contribution in [3.8, 4) is 17.0 Å². The van der Waals surface area contributed by atoms with Crippen molar-refractivity contribution < 1.29 is 4.74 Å². The smallest absolute Gasteiger partial charge is 0.187 e. The SMILES string of the molecule is COc1ccc(N=Nc2c(-c3cc(C)ccc3C)nc3ccccn23)cc1. The number of methoxy groups -OCH3 is 1. The lowest BCUT2D eigenvalue weighted by atomic mass is 10.0. The fourth-order valence-electron chi connectivity index (χ4n) is 3.00.